The second-order valence-corrected chi connectivity index (χ2v) is 6.65. The summed E-state index contributed by atoms with van der Waals surface area (Å²) >= 11 is 7.40. The van der Waals surface area contributed by atoms with Gasteiger partial charge in [0, 0.05) is 22.8 Å². The molecule has 1 aliphatic rings. The summed E-state index contributed by atoms with van der Waals surface area (Å²) in [5.41, 5.74) is 0.863. The SMILES string of the molecule is O=c1ccnc2sc(NC3CCCOc4cc(Cl)ccc43)nn12. The van der Waals surface area contributed by atoms with Crippen LogP contribution in [0.4, 0.5) is 5.13 Å². The number of hydrogen-bond donors (Lipinski definition) is 1. The summed E-state index contributed by atoms with van der Waals surface area (Å²) in [5, 5.41) is 9.02. The van der Waals surface area contributed by atoms with Crippen LogP contribution in [-0.4, -0.2) is 21.2 Å². The molecule has 6 nitrogen and oxygen atoms in total. The number of nitrogens with zero attached hydrogens (tertiary/aromatic N) is 3. The molecule has 4 rings (SSSR count). The molecule has 0 saturated carbocycles. The van der Waals surface area contributed by atoms with Crippen molar-refractivity contribution >= 4 is 33.0 Å². The van der Waals surface area contributed by atoms with E-state index in [4.69, 9.17) is 16.3 Å². The van der Waals surface area contributed by atoms with Gasteiger partial charge in [-0.1, -0.05) is 29.0 Å². The molecule has 1 aliphatic heterocycles. The molecule has 0 amide bonds. The smallest absolute Gasteiger partial charge is 0.275 e. The van der Waals surface area contributed by atoms with E-state index in [1.165, 1.54) is 28.1 Å². The molecule has 0 fully saturated rings. The first-order chi connectivity index (χ1) is 11.2. The third kappa shape index (κ3) is 2.77. The molecule has 1 atom stereocenters. The van der Waals surface area contributed by atoms with Crippen molar-refractivity contribution in [2.24, 2.45) is 0 Å². The van der Waals surface area contributed by atoms with Gasteiger partial charge in [-0.15, -0.1) is 5.10 Å². The Morgan fingerprint density at radius 1 is 1.39 bits per heavy atom. The summed E-state index contributed by atoms with van der Waals surface area (Å²) in [7, 11) is 0. The molecule has 3 heterocycles. The summed E-state index contributed by atoms with van der Waals surface area (Å²) in [6.45, 7) is 0.659. The molecule has 1 unspecified atom stereocenters. The standard InChI is InChI=1S/C15H13ClN4O2S/c16-9-3-4-10-11(2-1-7-22-12(10)8-9)18-14-19-20-13(21)5-6-17-15(20)23-14/h3-6,8,11H,1-2,7H2,(H,18,19). The fourth-order valence-electron chi connectivity index (χ4n) is 2.65. The Labute approximate surface area is 140 Å². The average Bonchev–Trinajstić information content (AvgIpc) is 2.85. The Bertz CT molecular complexity index is 923. The topological polar surface area (TPSA) is 68.5 Å². The predicted octanol–water partition coefficient (Wildman–Crippen LogP) is 3.13. The second-order valence-electron chi connectivity index (χ2n) is 5.25. The maximum absolute atomic E-state index is 11.8. The number of nitrogens with one attached hydrogen (secondary N) is 1. The molecule has 1 N–H and O–H groups in total. The van der Waals surface area contributed by atoms with Crippen molar-refractivity contribution in [2.75, 3.05) is 11.9 Å². The number of ether oxygens (including phenoxy) is 1. The van der Waals surface area contributed by atoms with Gasteiger partial charge in [0.2, 0.25) is 10.1 Å². The molecule has 1 aromatic carbocycles. The van der Waals surface area contributed by atoms with Crippen molar-refractivity contribution < 1.29 is 4.74 Å². The first-order valence-electron chi connectivity index (χ1n) is 7.24. The van der Waals surface area contributed by atoms with E-state index in [9.17, 15) is 4.79 Å². The van der Waals surface area contributed by atoms with Crippen LogP contribution in [0.5, 0.6) is 5.75 Å². The minimum absolute atomic E-state index is 0.0565. The lowest BCUT2D eigenvalue weighted by molar-refractivity contribution is 0.316. The van der Waals surface area contributed by atoms with E-state index in [2.05, 4.69) is 15.4 Å². The van der Waals surface area contributed by atoms with Crippen molar-refractivity contribution in [3.8, 4) is 5.75 Å². The number of rotatable bonds is 2. The quantitative estimate of drug-likeness (QED) is 0.770. The Kier molecular flexibility index (Phi) is 3.66. The molecular weight excluding hydrogens is 336 g/mol. The van der Waals surface area contributed by atoms with E-state index in [0.29, 0.717) is 21.7 Å². The normalized spacial score (nSPS) is 17.3. The van der Waals surface area contributed by atoms with Crippen LogP contribution >= 0.6 is 22.9 Å². The number of fused-ring (bicyclic) bond motifs is 2. The highest BCUT2D eigenvalue weighted by atomic mass is 35.5. The number of benzene rings is 1. The molecule has 23 heavy (non-hydrogen) atoms. The van der Waals surface area contributed by atoms with Crippen LogP contribution < -0.4 is 15.6 Å². The average molecular weight is 349 g/mol. The number of hydrogen-bond acceptors (Lipinski definition) is 6. The maximum Gasteiger partial charge on any atom is 0.275 e. The van der Waals surface area contributed by atoms with Gasteiger partial charge in [-0.25, -0.2) is 4.98 Å². The van der Waals surface area contributed by atoms with Crippen LogP contribution in [0, 0.1) is 0 Å². The Morgan fingerprint density at radius 3 is 3.17 bits per heavy atom. The highest BCUT2D eigenvalue weighted by molar-refractivity contribution is 7.20. The van der Waals surface area contributed by atoms with Crippen LogP contribution in [0.15, 0.2) is 35.3 Å². The molecule has 0 bridgehead atoms. The number of anilines is 1. The van der Waals surface area contributed by atoms with Crippen molar-refractivity contribution in [2.45, 2.75) is 18.9 Å². The minimum Gasteiger partial charge on any atom is -0.493 e. The van der Waals surface area contributed by atoms with E-state index < -0.39 is 0 Å². The second kappa shape index (κ2) is 5.82. The van der Waals surface area contributed by atoms with E-state index in [1.807, 2.05) is 18.2 Å². The highest BCUT2D eigenvalue weighted by Gasteiger charge is 2.21. The zero-order valence-electron chi connectivity index (χ0n) is 12.0. The Balaban J connectivity index is 1.70. The van der Waals surface area contributed by atoms with Crippen molar-refractivity contribution in [1.82, 2.24) is 14.6 Å². The summed E-state index contributed by atoms with van der Waals surface area (Å²) in [6.07, 6.45) is 3.33. The maximum atomic E-state index is 11.8. The summed E-state index contributed by atoms with van der Waals surface area (Å²) < 4.78 is 7.07. The van der Waals surface area contributed by atoms with Crippen molar-refractivity contribution in [3.63, 3.8) is 0 Å². The molecule has 0 spiro atoms. The molecule has 8 heteroatoms. The monoisotopic (exact) mass is 348 g/mol. The number of aromatic nitrogens is 3. The molecule has 0 radical (unpaired) electrons. The Morgan fingerprint density at radius 2 is 2.30 bits per heavy atom. The van der Waals surface area contributed by atoms with E-state index in [0.717, 1.165) is 24.2 Å². The molecule has 2 aromatic heterocycles. The van der Waals surface area contributed by atoms with Crippen LogP contribution in [0.25, 0.3) is 4.96 Å². The lowest BCUT2D eigenvalue weighted by Gasteiger charge is -2.17. The van der Waals surface area contributed by atoms with Crippen LogP contribution in [0.2, 0.25) is 5.02 Å². The van der Waals surface area contributed by atoms with Crippen molar-refractivity contribution in [3.05, 3.63) is 51.4 Å². The molecule has 118 valence electrons. The van der Waals surface area contributed by atoms with Gasteiger partial charge in [0.25, 0.3) is 5.56 Å². The van der Waals surface area contributed by atoms with Gasteiger partial charge in [-0.05, 0) is 25.0 Å². The number of halogens is 1. The first-order valence-corrected chi connectivity index (χ1v) is 8.44. The van der Waals surface area contributed by atoms with Gasteiger partial charge in [-0.3, -0.25) is 4.79 Å². The lowest BCUT2D eigenvalue weighted by atomic mass is 10.0. The zero-order valence-corrected chi connectivity index (χ0v) is 13.6. The largest absolute Gasteiger partial charge is 0.493 e. The highest BCUT2D eigenvalue weighted by Crippen LogP contribution is 2.36. The van der Waals surface area contributed by atoms with Crippen LogP contribution in [0.1, 0.15) is 24.4 Å². The summed E-state index contributed by atoms with van der Waals surface area (Å²) in [6, 6.07) is 7.11. The Hall–Kier alpha value is -2.12. The van der Waals surface area contributed by atoms with E-state index in [1.54, 1.807) is 0 Å². The van der Waals surface area contributed by atoms with Crippen molar-refractivity contribution in [1.29, 1.82) is 0 Å². The van der Waals surface area contributed by atoms with E-state index in [-0.39, 0.29) is 11.6 Å². The lowest BCUT2D eigenvalue weighted by Crippen LogP contribution is -2.14. The molecule has 3 aromatic rings. The van der Waals surface area contributed by atoms with Crippen LogP contribution in [0.3, 0.4) is 0 Å². The third-order valence-electron chi connectivity index (χ3n) is 3.71. The third-order valence-corrected chi connectivity index (χ3v) is 4.80. The van der Waals surface area contributed by atoms with E-state index >= 15 is 0 Å². The van der Waals surface area contributed by atoms with Gasteiger partial charge in [-0.2, -0.15) is 4.52 Å². The van der Waals surface area contributed by atoms with Crippen LogP contribution in [-0.2, 0) is 0 Å². The molecule has 0 saturated heterocycles. The van der Waals surface area contributed by atoms with Gasteiger partial charge in [0.1, 0.15) is 5.75 Å². The fraction of sp³-hybridized carbons (Fsp3) is 0.267. The van der Waals surface area contributed by atoms with Gasteiger partial charge >= 0.3 is 0 Å². The molecule has 0 aliphatic carbocycles. The zero-order chi connectivity index (χ0) is 15.8. The van der Waals surface area contributed by atoms with Gasteiger partial charge in [0.15, 0.2) is 0 Å². The van der Waals surface area contributed by atoms with Gasteiger partial charge in [0.05, 0.1) is 12.6 Å². The minimum atomic E-state index is -0.185. The summed E-state index contributed by atoms with van der Waals surface area (Å²) in [5.74, 6) is 0.795. The predicted molar refractivity (Wildman–Crippen MR) is 89.7 cm³/mol. The van der Waals surface area contributed by atoms with Gasteiger partial charge < -0.3 is 10.1 Å². The summed E-state index contributed by atoms with van der Waals surface area (Å²) in [4.78, 5) is 16.5. The first kappa shape index (κ1) is 14.5. The molecular formula is C15H13ClN4O2S. The fourth-order valence-corrected chi connectivity index (χ4v) is 3.64.